The lowest BCUT2D eigenvalue weighted by Gasteiger charge is -2.35. The Labute approximate surface area is 124 Å². The van der Waals surface area contributed by atoms with Crippen LogP contribution in [0.2, 0.25) is 0 Å². The molecule has 0 saturated carbocycles. The quantitative estimate of drug-likeness (QED) is 0.908. The molecule has 5 heteroatoms. The number of rotatable bonds is 2. The van der Waals surface area contributed by atoms with Crippen LogP contribution in [0.25, 0.3) is 0 Å². The van der Waals surface area contributed by atoms with E-state index in [4.69, 9.17) is 9.47 Å². The van der Waals surface area contributed by atoms with E-state index in [-0.39, 0.29) is 24.8 Å². The third-order valence-corrected chi connectivity index (χ3v) is 4.15. The van der Waals surface area contributed by atoms with Crippen molar-refractivity contribution in [1.29, 1.82) is 0 Å². The SMILES string of the molecule is CC1(O)C[C@H]2[C@H](CCCN2C(=O)OCc2ccccc2)O1. The molecule has 114 valence electrons. The van der Waals surface area contributed by atoms with Crippen LogP contribution < -0.4 is 0 Å². The molecular weight excluding hydrogens is 270 g/mol. The molecule has 1 N–H and O–H groups in total. The Bertz CT molecular complexity index is 502. The Morgan fingerprint density at radius 1 is 1.48 bits per heavy atom. The van der Waals surface area contributed by atoms with Crippen molar-refractivity contribution in [3.8, 4) is 0 Å². The van der Waals surface area contributed by atoms with Crippen LogP contribution in [0.4, 0.5) is 4.79 Å². The van der Waals surface area contributed by atoms with Crippen molar-refractivity contribution in [2.75, 3.05) is 6.54 Å². The van der Waals surface area contributed by atoms with Crippen molar-refractivity contribution in [2.24, 2.45) is 0 Å². The van der Waals surface area contributed by atoms with Crippen LogP contribution in [0.1, 0.15) is 31.7 Å². The maximum absolute atomic E-state index is 12.3. The predicted octanol–water partition coefficient (Wildman–Crippen LogP) is 2.29. The number of hydrogen-bond donors (Lipinski definition) is 1. The maximum atomic E-state index is 12.3. The summed E-state index contributed by atoms with van der Waals surface area (Å²) in [7, 11) is 0. The summed E-state index contributed by atoms with van der Waals surface area (Å²) < 4.78 is 11.0. The molecule has 2 aliphatic heterocycles. The number of amides is 1. The second-order valence-corrected chi connectivity index (χ2v) is 5.98. The molecule has 1 unspecified atom stereocenters. The van der Waals surface area contributed by atoms with E-state index in [0.29, 0.717) is 13.0 Å². The minimum Gasteiger partial charge on any atom is -0.445 e. The summed E-state index contributed by atoms with van der Waals surface area (Å²) >= 11 is 0. The van der Waals surface area contributed by atoms with Gasteiger partial charge >= 0.3 is 6.09 Å². The van der Waals surface area contributed by atoms with E-state index < -0.39 is 5.79 Å². The highest BCUT2D eigenvalue weighted by molar-refractivity contribution is 5.68. The first-order valence-corrected chi connectivity index (χ1v) is 7.43. The van der Waals surface area contributed by atoms with Gasteiger partial charge in [0.1, 0.15) is 6.61 Å². The topological polar surface area (TPSA) is 59.0 Å². The van der Waals surface area contributed by atoms with Crippen molar-refractivity contribution in [3.05, 3.63) is 35.9 Å². The standard InChI is InChI=1S/C16H21NO4/c1-16(19)10-13-14(21-16)8-5-9-17(13)15(18)20-11-12-6-3-2-4-7-12/h2-4,6-7,13-14,19H,5,8-11H2,1H3/t13-,14-,16?/m0/s1. The average molecular weight is 291 g/mol. The van der Waals surface area contributed by atoms with Crippen LogP contribution in [-0.2, 0) is 16.1 Å². The lowest BCUT2D eigenvalue weighted by Crippen LogP contribution is -2.49. The number of hydrogen-bond acceptors (Lipinski definition) is 4. The number of carbonyl (C=O) groups excluding carboxylic acids is 1. The summed E-state index contributed by atoms with van der Waals surface area (Å²) in [5, 5.41) is 10.0. The number of ether oxygens (including phenoxy) is 2. The van der Waals surface area contributed by atoms with E-state index in [0.717, 1.165) is 18.4 Å². The Hall–Kier alpha value is -1.59. The number of fused-ring (bicyclic) bond motifs is 1. The molecule has 0 aromatic heterocycles. The highest BCUT2D eigenvalue weighted by Gasteiger charge is 2.48. The van der Waals surface area contributed by atoms with Gasteiger partial charge in [-0.1, -0.05) is 30.3 Å². The lowest BCUT2D eigenvalue weighted by atomic mass is 9.97. The Kier molecular flexibility index (Phi) is 3.87. The fourth-order valence-electron chi connectivity index (χ4n) is 3.19. The molecule has 3 rings (SSSR count). The molecule has 2 aliphatic rings. The Morgan fingerprint density at radius 2 is 2.24 bits per heavy atom. The zero-order valence-corrected chi connectivity index (χ0v) is 12.2. The lowest BCUT2D eigenvalue weighted by molar-refractivity contribution is -0.181. The van der Waals surface area contributed by atoms with Crippen LogP contribution >= 0.6 is 0 Å². The number of nitrogens with zero attached hydrogens (tertiary/aromatic N) is 1. The van der Waals surface area contributed by atoms with Gasteiger partial charge in [-0.25, -0.2) is 4.79 Å². The molecule has 0 spiro atoms. The summed E-state index contributed by atoms with van der Waals surface area (Å²) in [6.45, 7) is 2.58. The molecule has 2 fully saturated rings. The van der Waals surface area contributed by atoms with E-state index in [9.17, 15) is 9.90 Å². The van der Waals surface area contributed by atoms with Crippen molar-refractivity contribution in [2.45, 2.75) is 50.7 Å². The van der Waals surface area contributed by atoms with Gasteiger partial charge in [-0.3, -0.25) is 0 Å². The first-order valence-electron chi connectivity index (χ1n) is 7.43. The van der Waals surface area contributed by atoms with Gasteiger partial charge in [0.2, 0.25) is 0 Å². The highest BCUT2D eigenvalue weighted by Crippen LogP contribution is 2.36. The number of aliphatic hydroxyl groups is 1. The molecule has 5 nitrogen and oxygen atoms in total. The third-order valence-electron chi connectivity index (χ3n) is 4.15. The molecule has 0 bridgehead atoms. The van der Waals surface area contributed by atoms with Gasteiger partial charge in [0, 0.05) is 13.0 Å². The molecule has 3 atom stereocenters. The molecule has 2 heterocycles. The van der Waals surface area contributed by atoms with Gasteiger partial charge in [-0.15, -0.1) is 0 Å². The van der Waals surface area contributed by atoms with Gasteiger partial charge in [-0.2, -0.15) is 0 Å². The van der Waals surface area contributed by atoms with Crippen LogP contribution in [0.3, 0.4) is 0 Å². The molecule has 1 aromatic carbocycles. The van der Waals surface area contributed by atoms with Crippen molar-refractivity contribution in [1.82, 2.24) is 4.90 Å². The smallest absolute Gasteiger partial charge is 0.410 e. The monoisotopic (exact) mass is 291 g/mol. The third kappa shape index (κ3) is 3.19. The minimum absolute atomic E-state index is 0.0852. The zero-order chi connectivity index (χ0) is 14.9. The summed E-state index contributed by atoms with van der Waals surface area (Å²) in [4.78, 5) is 14.0. The van der Waals surface area contributed by atoms with Crippen molar-refractivity contribution < 1.29 is 19.4 Å². The van der Waals surface area contributed by atoms with E-state index in [1.165, 1.54) is 0 Å². The van der Waals surface area contributed by atoms with E-state index >= 15 is 0 Å². The first-order chi connectivity index (χ1) is 10.1. The van der Waals surface area contributed by atoms with Gasteiger partial charge in [0.05, 0.1) is 12.1 Å². The molecule has 21 heavy (non-hydrogen) atoms. The number of carbonyl (C=O) groups is 1. The molecule has 0 radical (unpaired) electrons. The highest BCUT2D eigenvalue weighted by atomic mass is 16.6. The van der Waals surface area contributed by atoms with E-state index in [1.807, 2.05) is 30.3 Å². The van der Waals surface area contributed by atoms with Gasteiger partial charge in [-0.05, 0) is 25.3 Å². The normalized spacial score (nSPS) is 31.8. The van der Waals surface area contributed by atoms with Crippen molar-refractivity contribution >= 4 is 6.09 Å². The average Bonchev–Trinajstić information content (AvgIpc) is 2.79. The van der Waals surface area contributed by atoms with E-state index in [1.54, 1.807) is 11.8 Å². The minimum atomic E-state index is -1.14. The molecule has 0 aliphatic carbocycles. The van der Waals surface area contributed by atoms with Crippen LogP contribution in [-0.4, -0.2) is 40.6 Å². The van der Waals surface area contributed by atoms with Crippen LogP contribution in [0.15, 0.2) is 30.3 Å². The first kappa shape index (κ1) is 14.4. The van der Waals surface area contributed by atoms with Crippen LogP contribution in [0, 0.1) is 0 Å². The molecule has 1 amide bonds. The summed E-state index contributed by atoms with van der Waals surface area (Å²) in [5.74, 6) is -1.14. The van der Waals surface area contributed by atoms with Crippen LogP contribution in [0.5, 0.6) is 0 Å². The summed E-state index contributed by atoms with van der Waals surface area (Å²) in [6.07, 6.45) is 1.78. The number of likely N-dealkylation sites (tertiary alicyclic amines) is 1. The molecular formula is C16H21NO4. The van der Waals surface area contributed by atoms with Gasteiger partial charge in [0.25, 0.3) is 0 Å². The fourth-order valence-corrected chi connectivity index (χ4v) is 3.19. The largest absolute Gasteiger partial charge is 0.445 e. The predicted molar refractivity (Wildman–Crippen MR) is 76.5 cm³/mol. The van der Waals surface area contributed by atoms with E-state index in [2.05, 4.69) is 0 Å². The summed E-state index contributed by atoms with van der Waals surface area (Å²) in [6, 6.07) is 9.53. The maximum Gasteiger partial charge on any atom is 0.410 e. The second kappa shape index (κ2) is 5.66. The zero-order valence-electron chi connectivity index (χ0n) is 12.2. The summed E-state index contributed by atoms with van der Waals surface area (Å²) in [5.41, 5.74) is 0.967. The Balaban J connectivity index is 1.61. The van der Waals surface area contributed by atoms with Gasteiger partial charge in [0.15, 0.2) is 5.79 Å². The second-order valence-electron chi connectivity index (χ2n) is 5.98. The van der Waals surface area contributed by atoms with Crippen molar-refractivity contribution in [3.63, 3.8) is 0 Å². The Morgan fingerprint density at radius 3 is 3.00 bits per heavy atom. The van der Waals surface area contributed by atoms with Gasteiger partial charge < -0.3 is 19.5 Å². The number of benzene rings is 1. The molecule has 2 saturated heterocycles. The number of piperidine rings is 1. The fraction of sp³-hybridized carbons (Fsp3) is 0.562. The molecule has 1 aromatic rings.